The number of methoxy groups -OCH3 is 1. The van der Waals surface area contributed by atoms with Gasteiger partial charge in [0.15, 0.2) is 0 Å². The number of hydrogen-bond acceptors (Lipinski definition) is 3. The highest BCUT2D eigenvalue weighted by atomic mass is 16.5. The van der Waals surface area contributed by atoms with Gasteiger partial charge in [0.2, 0.25) is 0 Å². The predicted molar refractivity (Wildman–Crippen MR) is 65.1 cm³/mol. The number of ether oxygens (including phenoxy) is 1. The summed E-state index contributed by atoms with van der Waals surface area (Å²) in [5, 5.41) is 9.87. The highest BCUT2D eigenvalue weighted by Gasteiger charge is 2.20. The molecule has 0 spiro atoms. The first kappa shape index (κ1) is 11.3. The van der Waals surface area contributed by atoms with Crippen LogP contribution in [0.3, 0.4) is 0 Å². The Labute approximate surface area is 96.6 Å². The SMILES string of the molecule is COc1cccc(N2CCCC2)c1[C@@H](C)O. The van der Waals surface area contributed by atoms with Crippen molar-refractivity contribution in [2.75, 3.05) is 25.1 Å². The maximum Gasteiger partial charge on any atom is 0.126 e. The molecule has 0 amide bonds. The van der Waals surface area contributed by atoms with Crippen LogP contribution in [0.2, 0.25) is 0 Å². The summed E-state index contributed by atoms with van der Waals surface area (Å²) in [5.74, 6) is 0.777. The zero-order valence-corrected chi connectivity index (χ0v) is 9.94. The Morgan fingerprint density at radius 1 is 1.31 bits per heavy atom. The van der Waals surface area contributed by atoms with Crippen LogP contribution in [0.5, 0.6) is 5.75 Å². The lowest BCUT2D eigenvalue weighted by Crippen LogP contribution is -2.20. The second-order valence-electron chi connectivity index (χ2n) is 4.26. The monoisotopic (exact) mass is 221 g/mol. The van der Waals surface area contributed by atoms with E-state index >= 15 is 0 Å². The van der Waals surface area contributed by atoms with Gasteiger partial charge in [-0.1, -0.05) is 6.07 Å². The molecule has 0 saturated carbocycles. The summed E-state index contributed by atoms with van der Waals surface area (Å²) in [6.07, 6.45) is 1.97. The number of benzene rings is 1. The van der Waals surface area contributed by atoms with Crippen LogP contribution < -0.4 is 9.64 Å². The van der Waals surface area contributed by atoms with E-state index in [0.29, 0.717) is 0 Å². The summed E-state index contributed by atoms with van der Waals surface area (Å²) in [6, 6.07) is 5.95. The van der Waals surface area contributed by atoms with Crippen molar-refractivity contribution in [1.29, 1.82) is 0 Å². The molecule has 1 aromatic rings. The number of nitrogens with zero attached hydrogens (tertiary/aromatic N) is 1. The fourth-order valence-corrected chi connectivity index (χ4v) is 2.36. The molecule has 1 heterocycles. The van der Waals surface area contributed by atoms with Crippen molar-refractivity contribution in [1.82, 2.24) is 0 Å². The van der Waals surface area contributed by atoms with Crippen molar-refractivity contribution in [3.05, 3.63) is 23.8 Å². The van der Waals surface area contributed by atoms with Gasteiger partial charge < -0.3 is 14.7 Å². The fourth-order valence-electron chi connectivity index (χ4n) is 2.36. The molecule has 1 N–H and O–H groups in total. The number of rotatable bonds is 3. The minimum absolute atomic E-state index is 0.494. The third-order valence-electron chi connectivity index (χ3n) is 3.13. The molecule has 1 saturated heterocycles. The Morgan fingerprint density at radius 3 is 2.56 bits per heavy atom. The molecule has 1 aromatic carbocycles. The smallest absolute Gasteiger partial charge is 0.126 e. The average Bonchev–Trinajstić information content (AvgIpc) is 2.81. The van der Waals surface area contributed by atoms with E-state index in [9.17, 15) is 5.11 Å². The lowest BCUT2D eigenvalue weighted by Gasteiger charge is -2.24. The Balaban J connectivity index is 2.42. The van der Waals surface area contributed by atoms with Crippen molar-refractivity contribution in [3.8, 4) is 5.75 Å². The molecule has 2 rings (SSSR count). The summed E-state index contributed by atoms with van der Waals surface area (Å²) < 4.78 is 5.32. The van der Waals surface area contributed by atoms with Crippen LogP contribution in [0.25, 0.3) is 0 Å². The maximum absolute atomic E-state index is 9.87. The van der Waals surface area contributed by atoms with Crippen LogP contribution in [0.1, 0.15) is 31.4 Å². The number of anilines is 1. The normalized spacial score (nSPS) is 17.6. The van der Waals surface area contributed by atoms with E-state index in [2.05, 4.69) is 11.0 Å². The summed E-state index contributed by atoms with van der Waals surface area (Å²) in [6.45, 7) is 3.94. The average molecular weight is 221 g/mol. The van der Waals surface area contributed by atoms with E-state index in [1.54, 1.807) is 14.0 Å². The minimum Gasteiger partial charge on any atom is -0.496 e. The molecule has 1 fully saturated rings. The first-order valence-electron chi connectivity index (χ1n) is 5.84. The second kappa shape index (κ2) is 4.74. The van der Waals surface area contributed by atoms with Crippen molar-refractivity contribution >= 4 is 5.69 Å². The van der Waals surface area contributed by atoms with Crippen LogP contribution in [-0.2, 0) is 0 Å². The predicted octanol–water partition coefficient (Wildman–Crippen LogP) is 2.35. The Hall–Kier alpha value is -1.22. The first-order valence-corrected chi connectivity index (χ1v) is 5.84. The topological polar surface area (TPSA) is 32.7 Å². The molecule has 3 nitrogen and oxygen atoms in total. The summed E-state index contributed by atoms with van der Waals surface area (Å²) >= 11 is 0. The van der Waals surface area contributed by atoms with Gasteiger partial charge in [0.05, 0.1) is 13.2 Å². The largest absolute Gasteiger partial charge is 0.496 e. The van der Waals surface area contributed by atoms with Gasteiger partial charge in [0.25, 0.3) is 0 Å². The zero-order chi connectivity index (χ0) is 11.5. The molecule has 88 valence electrons. The van der Waals surface area contributed by atoms with E-state index in [4.69, 9.17) is 4.74 Å². The molecule has 0 bridgehead atoms. The van der Waals surface area contributed by atoms with E-state index in [-0.39, 0.29) is 0 Å². The molecule has 0 unspecified atom stereocenters. The highest BCUT2D eigenvalue weighted by molar-refractivity contribution is 5.60. The van der Waals surface area contributed by atoms with Crippen molar-refractivity contribution in [2.24, 2.45) is 0 Å². The second-order valence-corrected chi connectivity index (χ2v) is 4.26. The molecular weight excluding hydrogens is 202 g/mol. The van der Waals surface area contributed by atoms with Crippen LogP contribution in [-0.4, -0.2) is 25.3 Å². The highest BCUT2D eigenvalue weighted by Crippen LogP contribution is 2.35. The summed E-state index contributed by atoms with van der Waals surface area (Å²) in [5.41, 5.74) is 2.03. The van der Waals surface area contributed by atoms with Gasteiger partial charge in [-0.05, 0) is 31.9 Å². The Morgan fingerprint density at radius 2 is 2.00 bits per heavy atom. The van der Waals surface area contributed by atoms with E-state index < -0.39 is 6.10 Å². The zero-order valence-electron chi connectivity index (χ0n) is 9.94. The van der Waals surface area contributed by atoms with Crippen molar-refractivity contribution < 1.29 is 9.84 Å². The number of aliphatic hydroxyl groups excluding tert-OH is 1. The fraction of sp³-hybridized carbons (Fsp3) is 0.538. The van der Waals surface area contributed by atoms with Gasteiger partial charge in [-0.2, -0.15) is 0 Å². The van der Waals surface area contributed by atoms with Crippen LogP contribution >= 0.6 is 0 Å². The van der Waals surface area contributed by atoms with Crippen LogP contribution in [0, 0.1) is 0 Å². The van der Waals surface area contributed by atoms with Crippen LogP contribution in [0.15, 0.2) is 18.2 Å². The van der Waals surface area contributed by atoms with Crippen molar-refractivity contribution in [3.63, 3.8) is 0 Å². The number of aliphatic hydroxyl groups is 1. The molecule has 0 aromatic heterocycles. The van der Waals surface area contributed by atoms with Gasteiger partial charge in [0.1, 0.15) is 5.75 Å². The quantitative estimate of drug-likeness (QED) is 0.850. The van der Waals surface area contributed by atoms with E-state index in [1.165, 1.54) is 12.8 Å². The first-order chi connectivity index (χ1) is 7.74. The maximum atomic E-state index is 9.87. The minimum atomic E-state index is -0.494. The van der Waals surface area contributed by atoms with Gasteiger partial charge in [-0.3, -0.25) is 0 Å². The van der Waals surface area contributed by atoms with Crippen molar-refractivity contribution in [2.45, 2.75) is 25.9 Å². The third kappa shape index (κ3) is 2.00. The molecular formula is C13H19NO2. The third-order valence-corrected chi connectivity index (χ3v) is 3.13. The van der Waals surface area contributed by atoms with E-state index in [0.717, 1.165) is 30.1 Å². The Kier molecular flexibility index (Phi) is 3.34. The van der Waals surface area contributed by atoms with Gasteiger partial charge in [-0.15, -0.1) is 0 Å². The van der Waals surface area contributed by atoms with Gasteiger partial charge in [0, 0.05) is 24.3 Å². The molecule has 16 heavy (non-hydrogen) atoms. The Bertz CT molecular complexity index is 357. The van der Waals surface area contributed by atoms with Crippen LogP contribution in [0.4, 0.5) is 5.69 Å². The van der Waals surface area contributed by atoms with Gasteiger partial charge >= 0.3 is 0 Å². The summed E-state index contributed by atoms with van der Waals surface area (Å²) in [4.78, 5) is 2.32. The van der Waals surface area contributed by atoms with Gasteiger partial charge in [-0.25, -0.2) is 0 Å². The number of hydrogen-bond donors (Lipinski definition) is 1. The molecule has 3 heteroatoms. The molecule has 0 radical (unpaired) electrons. The molecule has 1 atom stereocenters. The summed E-state index contributed by atoms with van der Waals surface area (Å²) in [7, 11) is 1.65. The molecule has 1 aliphatic heterocycles. The molecule has 1 aliphatic rings. The lowest BCUT2D eigenvalue weighted by molar-refractivity contribution is 0.194. The lowest BCUT2D eigenvalue weighted by atomic mass is 10.1. The molecule has 0 aliphatic carbocycles. The van der Waals surface area contributed by atoms with E-state index in [1.807, 2.05) is 12.1 Å². The standard InChI is InChI=1S/C13H19NO2/c1-10(15)13-11(14-8-3-4-9-14)6-5-7-12(13)16-2/h5-7,10,15H,3-4,8-9H2,1-2H3/t10-/m1/s1.